The average Bonchev–Trinajstić information content (AvgIpc) is 2.88. The molecule has 1 aromatic heterocycles. The fraction of sp³-hybridized carbons (Fsp3) is 0.368. The molecule has 0 saturated heterocycles. The van der Waals surface area contributed by atoms with Crippen LogP contribution in [-0.4, -0.2) is 28.3 Å². The monoisotopic (exact) mass is 433 g/mol. The number of esters is 1. The molecule has 0 radical (unpaired) electrons. The first-order valence-corrected chi connectivity index (χ1v) is 10.2. The van der Waals surface area contributed by atoms with Crippen LogP contribution in [-0.2, 0) is 17.6 Å². The SMILES string of the molecule is CCOC(=O)c1c(NC(=O)c2ccc([N+](=O)[O-])cc2[N+](=O)[O-])sc2c1CCCCC2. The molecule has 0 saturated carbocycles. The lowest BCUT2D eigenvalue weighted by Crippen LogP contribution is -2.16. The van der Waals surface area contributed by atoms with Gasteiger partial charge in [-0.25, -0.2) is 4.79 Å². The van der Waals surface area contributed by atoms with Crippen molar-refractivity contribution in [3.8, 4) is 0 Å². The zero-order chi connectivity index (χ0) is 21.8. The highest BCUT2D eigenvalue weighted by Gasteiger charge is 2.29. The number of benzene rings is 1. The molecule has 1 heterocycles. The number of hydrogen-bond donors (Lipinski definition) is 1. The number of carbonyl (C=O) groups excluding carboxylic acids is 2. The van der Waals surface area contributed by atoms with Gasteiger partial charge in [-0.05, 0) is 44.2 Å². The lowest BCUT2D eigenvalue weighted by Gasteiger charge is -2.09. The van der Waals surface area contributed by atoms with Crippen molar-refractivity contribution < 1.29 is 24.2 Å². The van der Waals surface area contributed by atoms with Gasteiger partial charge in [-0.3, -0.25) is 25.0 Å². The molecule has 0 fully saturated rings. The Morgan fingerprint density at radius 1 is 1.13 bits per heavy atom. The number of aryl methyl sites for hydroxylation is 1. The van der Waals surface area contributed by atoms with Crippen molar-refractivity contribution in [3.05, 3.63) is 60.0 Å². The summed E-state index contributed by atoms with van der Waals surface area (Å²) in [6, 6.07) is 2.80. The summed E-state index contributed by atoms with van der Waals surface area (Å²) in [5.74, 6) is -1.37. The fourth-order valence-corrected chi connectivity index (χ4v) is 4.67. The van der Waals surface area contributed by atoms with Gasteiger partial charge in [0.15, 0.2) is 0 Å². The number of nitrogens with one attached hydrogen (secondary N) is 1. The zero-order valence-electron chi connectivity index (χ0n) is 16.1. The second-order valence-corrected chi connectivity index (χ2v) is 7.76. The summed E-state index contributed by atoms with van der Waals surface area (Å²) >= 11 is 1.26. The lowest BCUT2D eigenvalue weighted by molar-refractivity contribution is -0.394. The van der Waals surface area contributed by atoms with Crippen LogP contribution >= 0.6 is 11.3 Å². The van der Waals surface area contributed by atoms with E-state index in [1.165, 1.54) is 11.3 Å². The van der Waals surface area contributed by atoms with E-state index < -0.39 is 33.1 Å². The van der Waals surface area contributed by atoms with E-state index in [1.807, 2.05) is 0 Å². The van der Waals surface area contributed by atoms with Gasteiger partial charge in [0, 0.05) is 10.9 Å². The number of nitrogens with zero attached hydrogens (tertiary/aromatic N) is 2. The van der Waals surface area contributed by atoms with E-state index in [1.54, 1.807) is 6.92 Å². The van der Waals surface area contributed by atoms with Gasteiger partial charge in [0.2, 0.25) is 0 Å². The first kappa shape index (κ1) is 21.4. The quantitative estimate of drug-likeness (QED) is 0.310. The molecule has 30 heavy (non-hydrogen) atoms. The van der Waals surface area contributed by atoms with E-state index in [9.17, 15) is 29.8 Å². The van der Waals surface area contributed by atoms with Gasteiger partial charge in [-0.15, -0.1) is 11.3 Å². The van der Waals surface area contributed by atoms with Gasteiger partial charge < -0.3 is 10.1 Å². The molecule has 1 aliphatic carbocycles. The second-order valence-electron chi connectivity index (χ2n) is 6.66. The number of anilines is 1. The van der Waals surface area contributed by atoms with Crippen LogP contribution < -0.4 is 5.32 Å². The van der Waals surface area contributed by atoms with Crippen molar-refractivity contribution in [1.82, 2.24) is 0 Å². The molecule has 158 valence electrons. The molecule has 10 nitrogen and oxygen atoms in total. The fourth-order valence-electron chi connectivity index (χ4n) is 3.40. The molecular formula is C19H19N3O7S. The highest BCUT2D eigenvalue weighted by atomic mass is 32.1. The van der Waals surface area contributed by atoms with Crippen LogP contribution in [0, 0.1) is 20.2 Å². The van der Waals surface area contributed by atoms with Crippen LogP contribution in [0.5, 0.6) is 0 Å². The Morgan fingerprint density at radius 3 is 2.53 bits per heavy atom. The molecule has 1 aliphatic rings. The van der Waals surface area contributed by atoms with Crippen LogP contribution in [0.4, 0.5) is 16.4 Å². The third kappa shape index (κ3) is 4.30. The minimum atomic E-state index is -0.849. The Labute approximate surface area is 175 Å². The van der Waals surface area contributed by atoms with Crippen LogP contribution in [0.25, 0.3) is 0 Å². The molecule has 1 aromatic carbocycles. The van der Waals surface area contributed by atoms with E-state index in [0.29, 0.717) is 6.42 Å². The van der Waals surface area contributed by atoms with E-state index >= 15 is 0 Å². The van der Waals surface area contributed by atoms with Gasteiger partial charge in [0.05, 0.1) is 28.1 Å². The van der Waals surface area contributed by atoms with Crippen LogP contribution in [0.3, 0.4) is 0 Å². The number of thiophene rings is 1. The number of ether oxygens (including phenoxy) is 1. The molecule has 1 N–H and O–H groups in total. The molecule has 2 aromatic rings. The summed E-state index contributed by atoms with van der Waals surface area (Å²) in [7, 11) is 0. The van der Waals surface area contributed by atoms with Crippen molar-refractivity contribution in [1.29, 1.82) is 0 Å². The highest BCUT2D eigenvalue weighted by Crippen LogP contribution is 2.38. The van der Waals surface area contributed by atoms with Crippen LogP contribution in [0.1, 0.15) is 57.3 Å². The summed E-state index contributed by atoms with van der Waals surface area (Å²) in [5.41, 5.74) is -0.365. The Morgan fingerprint density at radius 2 is 1.87 bits per heavy atom. The van der Waals surface area contributed by atoms with E-state index in [0.717, 1.165) is 54.3 Å². The summed E-state index contributed by atoms with van der Waals surface area (Å²) in [6.07, 6.45) is 4.39. The number of fused-ring (bicyclic) bond motifs is 1. The van der Waals surface area contributed by atoms with Gasteiger partial charge in [-0.2, -0.15) is 0 Å². The van der Waals surface area contributed by atoms with Gasteiger partial charge in [-0.1, -0.05) is 6.42 Å². The van der Waals surface area contributed by atoms with Crippen LogP contribution in [0.2, 0.25) is 0 Å². The first-order chi connectivity index (χ1) is 14.3. The minimum absolute atomic E-state index is 0.171. The predicted octanol–water partition coefficient (Wildman–Crippen LogP) is 4.26. The number of hydrogen-bond acceptors (Lipinski definition) is 8. The van der Waals surface area contributed by atoms with Crippen LogP contribution in [0.15, 0.2) is 18.2 Å². The first-order valence-electron chi connectivity index (χ1n) is 9.39. The predicted molar refractivity (Wildman–Crippen MR) is 109 cm³/mol. The Kier molecular flexibility index (Phi) is 6.40. The molecule has 0 unspecified atom stereocenters. The number of nitro groups is 2. The molecule has 11 heteroatoms. The summed E-state index contributed by atoms with van der Waals surface area (Å²) < 4.78 is 5.16. The van der Waals surface area contributed by atoms with Crippen molar-refractivity contribution in [2.75, 3.05) is 11.9 Å². The van der Waals surface area contributed by atoms with Gasteiger partial charge in [0.25, 0.3) is 17.3 Å². The van der Waals surface area contributed by atoms with Crippen molar-refractivity contribution >= 4 is 39.6 Å². The second kappa shape index (κ2) is 8.99. The van der Waals surface area contributed by atoms with E-state index in [2.05, 4.69) is 5.32 Å². The Balaban J connectivity index is 2.00. The third-order valence-corrected chi connectivity index (χ3v) is 5.97. The highest BCUT2D eigenvalue weighted by molar-refractivity contribution is 7.17. The van der Waals surface area contributed by atoms with Gasteiger partial charge in [0.1, 0.15) is 10.6 Å². The Bertz CT molecular complexity index is 1030. The summed E-state index contributed by atoms with van der Waals surface area (Å²) in [5, 5.41) is 25.1. The number of non-ortho nitro benzene ring substituents is 1. The molecular weight excluding hydrogens is 414 g/mol. The largest absolute Gasteiger partial charge is 0.462 e. The minimum Gasteiger partial charge on any atom is -0.462 e. The normalized spacial score (nSPS) is 13.1. The smallest absolute Gasteiger partial charge is 0.341 e. The molecule has 0 bridgehead atoms. The molecule has 1 amide bonds. The molecule has 0 atom stereocenters. The number of rotatable bonds is 6. The summed E-state index contributed by atoms with van der Waals surface area (Å²) in [4.78, 5) is 47.0. The van der Waals surface area contributed by atoms with Gasteiger partial charge >= 0.3 is 5.97 Å². The van der Waals surface area contributed by atoms with Crippen molar-refractivity contribution in [2.45, 2.75) is 39.0 Å². The Hall–Kier alpha value is -3.34. The standard InChI is InChI=1S/C19H19N3O7S/c1-2-29-19(24)16-13-6-4-3-5-7-15(13)30-18(16)20-17(23)12-9-8-11(21(25)26)10-14(12)22(27)28/h8-10H,2-7H2,1H3,(H,20,23). The maximum Gasteiger partial charge on any atom is 0.341 e. The number of carbonyl (C=O) groups is 2. The molecule has 0 aliphatic heterocycles. The summed E-state index contributed by atoms with van der Waals surface area (Å²) in [6.45, 7) is 1.85. The van der Waals surface area contributed by atoms with Crippen molar-refractivity contribution in [2.24, 2.45) is 0 Å². The van der Waals surface area contributed by atoms with E-state index in [4.69, 9.17) is 4.74 Å². The lowest BCUT2D eigenvalue weighted by atomic mass is 10.1. The molecule has 3 rings (SSSR count). The topological polar surface area (TPSA) is 142 Å². The molecule has 0 spiro atoms. The van der Waals surface area contributed by atoms with E-state index in [-0.39, 0.29) is 22.7 Å². The number of nitro benzene ring substituents is 2. The average molecular weight is 433 g/mol. The maximum atomic E-state index is 12.8. The third-order valence-electron chi connectivity index (χ3n) is 4.76. The van der Waals surface area contributed by atoms with Crippen molar-refractivity contribution in [3.63, 3.8) is 0 Å². The number of amides is 1. The zero-order valence-corrected chi connectivity index (χ0v) is 17.0. The maximum absolute atomic E-state index is 12.8.